The predicted molar refractivity (Wildman–Crippen MR) is 97.1 cm³/mol. The van der Waals surface area contributed by atoms with E-state index in [0.717, 1.165) is 0 Å². The van der Waals surface area contributed by atoms with Crippen LogP contribution in [0.1, 0.15) is 31.1 Å². The minimum Gasteiger partial charge on any atom is -0.382 e. The molecule has 128 valence electrons. The molecule has 0 amide bonds. The number of halogens is 2. The number of nitrogens with two attached hydrogens (primary N) is 1. The van der Waals surface area contributed by atoms with Crippen LogP contribution >= 0.6 is 23.2 Å². The van der Waals surface area contributed by atoms with Crippen molar-refractivity contribution in [2.24, 2.45) is 10.8 Å². The van der Waals surface area contributed by atoms with Gasteiger partial charge in [0.2, 0.25) is 5.71 Å². The van der Waals surface area contributed by atoms with Gasteiger partial charge >= 0.3 is 0 Å². The number of hydrogen-bond donors (Lipinski definition) is 4. The summed E-state index contributed by atoms with van der Waals surface area (Å²) >= 11 is 12.2. The molecule has 0 saturated heterocycles. The van der Waals surface area contributed by atoms with Crippen molar-refractivity contribution in [1.29, 1.82) is 10.7 Å². The standard InChI is InChI=1S/C15H18Cl2N6O/c1-15(2,3)21-7-12(24)8-4-9(16)13(10(17)5-8)23-22-11(6-18)14(19)20/h4-5,21,23H,7H2,1-3H3,(H3,19,20)/b22-11+. The molecule has 0 bridgehead atoms. The van der Waals surface area contributed by atoms with E-state index in [1.54, 1.807) is 6.07 Å². The van der Waals surface area contributed by atoms with E-state index in [1.807, 2.05) is 20.8 Å². The number of amidine groups is 1. The molecule has 1 rings (SSSR count). The molecule has 0 saturated carbocycles. The lowest BCUT2D eigenvalue weighted by Gasteiger charge is -2.20. The average molecular weight is 369 g/mol. The maximum absolute atomic E-state index is 12.2. The highest BCUT2D eigenvalue weighted by Gasteiger charge is 2.16. The highest BCUT2D eigenvalue weighted by molar-refractivity contribution is 6.46. The Labute approximate surface area is 150 Å². The van der Waals surface area contributed by atoms with Gasteiger partial charge in [-0.25, -0.2) is 0 Å². The molecule has 0 aliphatic rings. The first kappa shape index (κ1) is 19.9. The van der Waals surface area contributed by atoms with Crippen molar-refractivity contribution in [3.8, 4) is 6.07 Å². The number of ketones is 1. The van der Waals surface area contributed by atoms with Crippen LogP contribution in [0.4, 0.5) is 5.69 Å². The number of hydrazone groups is 1. The summed E-state index contributed by atoms with van der Waals surface area (Å²) in [5, 5.41) is 23.0. The fourth-order valence-electron chi connectivity index (χ4n) is 1.55. The molecular weight excluding hydrogens is 351 g/mol. The first-order valence-electron chi connectivity index (χ1n) is 6.90. The van der Waals surface area contributed by atoms with Crippen molar-refractivity contribution in [1.82, 2.24) is 5.32 Å². The van der Waals surface area contributed by atoms with Crippen molar-refractivity contribution < 1.29 is 4.79 Å². The smallest absolute Gasteiger partial charge is 0.201 e. The van der Waals surface area contributed by atoms with Gasteiger partial charge in [-0.1, -0.05) is 23.2 Å². The van der Waals surface area contributed by atoms with Gasteiger partial charge in [-0.2, -0.15) is 10.4 Å². The number of Topliss-reactive ketones (excluding diaryl/α,β-unsaturated/α-hetero) is 1. The van der Waals surface area contributed by atoms with E-state index in [9.17, 15) is 4.79 Å². The van der Waals surface area contributed by atoms with Gasteiger partial charge in [0.1, 0.15) is 6.07 Å². The lowest BCUT2D eigenvalue weighted by atomic mass is 10.1. The van der Waals surface area contributed by atoms with Gasteiger partial charge in [-0.15, -0.1) is 0 Å². The monoisotopic (exact) mass is 368 g/mol. The van der Waals surface area contributed by atoms with Crippen LogP contribution < -0.4 is 16.5 Å². The highest BCUT2D eigenvalue weighted by Crippen LogP contribution is 2.32. The van der Waals surface area contributed by atoms with E-state index in [0.29, 0.717) is 5.56 Å². The molecule has 0 spiro atoms. The van der Waals surface area contributed by atoms with Gasteiger partial charge in [-0.3, -0.25) is 15.6 Å². The topological polar surface area (TPSA) is 127 Å². The van der Waals surface area contributed by atoms with Crippen LogP contribution in [0.25, 0.3) is 0 Å². The Bertz CT molecular complexity index is 707. The number of benzene rings is 1. The minimum absolute atomic E-state index is 0.143. The third-order valence-corrected chi connectivity index (χ3v) is 3.38. The second kappa shape index (κ2) is 8.11. The number of carbonyl (C=O) groups is 1. The number of rotatable bonds is 6. The Hall–Kier alpha value is -2.14. The first-order valence-corrected chi connectivity index (χ1v) is 7.66. The average Bonchev–Trinajstić information content (AvgIpc) is 2.46. The first-order chi connectivity index (χ1) is 11.0. The van der Waals surface area contributed by atoms with Crippen molar-refractivity contribution in [2.45, 2.75) is 26.3 Å². The van der Waals surface area contributed by atoms with E-state index in [2.05, 4.69) is 15.8 Å². The van der Waals surface area contributed by atoms with Crippen molar-refractivity contribution >= 4 is 46.2 Å². The molecule has 0 aromatic heterocycles. The fraction of sp³-hybridized carbons (Fsp3) is 0.333. The molecule has 0 aliphatic heterocycles. The third kappa shape index (κ3) is 5.81. The minimum atomic E-state index is -0.489. The Morgan fingerprint density at radius 2 is 1.92 bits per heavy atom. The molecule has 0 aliphatic carbocycles. The number of anilines is 1. The maximum atomic E-state index is 12.2. The van der Waals surface area contributed by atoms with Gasteiger partial charge < -0.3 is 11.1 Å². The SMILES string of the molecule is CC(C)(C)NCC(=O)c1cc(Cl)c(N/N=C(\C#N)C(=N)N)c(Cl)c1. The van der Waals surface area contributed by atoms with Crippen LogP contribution in [0.2, 0.25) is 10.0 Å². The third-order valence-electron chi connectivity index (χ3n) is 2.78. The second-order valence-corrected chi connectivity index (χ2v) is 6.75. The Morgan fingerprint density at radius 1 is 1.38 bits per heavy atom. The summed E-state index contributed by atoms with van der Waals surface area (Å²) in [6.07, 6.45) is 0. The van der Waals surface area contributed by atoms with E-state index in [4.69, 9.17) is 39.6 Å². The summed E-state index contributed by atoms with van der Waals surface area (Å²) in [5.74, 6) is -0.650. The fourth-order valence-corrected chi connectivity index (χ4v) is 2.12. The van der Waals surface area contributed by atoms with Gasteiger partial charge in [0, 0.05) is 11.1 Å². The van der Waals surface area contributed by atoms with E-state index in [-0.39, 0.29) is 39.3 Å². The number of nitrogens with zero attached hydrogens (tertiary/aromatic N) is 2. The summed E-state index contributed by atoms with van der Waals surface area (Å²) in [4.78, 5) is 12.2. The van der Waals surface area contributed by atoms with Gasteiger partial charge in [0.25, 0.3) is 0 Å². The zero-order valence-corrected chi connectivity index (χ0v) is 15.0. The number of hydrogen-bond acceptors (Lipinski definition) is 6. The van der Waals surface area contributed by atoms with Crippen LogP contribution in [0.15, 0.2) is 17.2 Å². The summed E-state index contributed by atoms with van der Waals surface area (Å²) in [5.41, 5.74) is 7.74. The molecular formula is C15H18Cl2N6O. The molecule has 1 aromatic carbocycles. The number of nitrogens with one attached hydrogen (secondary N) is 3. The summed E-state index contributed by atoms with van der Waals surface area (Å²) in [6, 6.07) is 4.57. The highest BCUT2D eigenvalue weighted by atomic mass is 35.5. The van der Waals surface area contributed by atoms with Gasteiger partial charge in [0.05, 0.1) is 22.3 Å². The predicted octanol–water partition coefficient (Wildman–Crippen LogP) is 2.79. The van der Waals surface area contributed by atoms with Crippen LogP contribution in [0, 0.1) is 16.7 Å². The summed E-state index contributed by atoms with van der Waals surface area (Å²) in [6.45, 7) is 6.00. The molecule has 0 atom stereocenters. The molecule has 9 heteroatoms. The summed E-state index contributed by atoms with van der Waals surface area (Å²) in [7, 11) is 0. The van der Waals surface area contributed by atoms with E-state index >= 15 is 0 Å². The van der Waals surface area contributed by atoms with Crippen LogP contribution in [-0.4, -0.2) is 29.4 Å². The zero-order valence-electron chi connectivity index (χ0n) is 13.5. The second-order valence-electron chi connectivity index (χ2n) is 5.94. The maximum Gasteiger partial charge on any atom is 0.201 e. The number of nitriles is 1. The van der Waals surface area contributed by atoms with Gasteiger partial charge in [0.15, 0.2) is 11.6 Å². The molecule has 1 aromatic rings. The lowest BCUT2D eigenvalue weighted by Crippen LogP contribution is -2.39. The van der Waals surface area contributed by atoms with Crippen molar-refractivity contribution in [2.75, 3.05) is 12.0 Å². The van der Waals surface area contributed by atoms with E-state index in [1.165, 1.54) is 12.1 Å². The number of carbonyl (C=O) groups excluding carboxylic acids is 1. The summed E-state index contributed by atoms with van der Waals surface area (Å²) < 4.78 is 0. The largest absolute Gasteiger partial charge is 0.382 e. The molecule has 5 N–H and O–H groups in total. The quantitative estimate of drug-likeness (QED) is 0.265. The zero-order chi connectivity index (χ0) is 18.5. The van der Waals surface area contributed by atoms with Crippen molar-refractivity contribution in [3.63, 3.8) is 0 Å². The van der Waals surface area contributed by atoms with Crippen molar-refractivity contribution in [3.05, 3.63) is 27.7 Å². The molecule has 0 unspecified atom stereocenters. The van der Waals surface area contributed by atoms with Crippen LogP contribution in [-0.2, 0) is 0 Å². The normalized spacial score (nSPS) is 11.8. The lowest BCUT2D eigenvalue weighted by molar-refractivity contribution is 0.0982. The Morgan fingerprint density at radius 3 is 2.33 bits per heavy atom. The van der Waals surface area contributed by atoms with E-state index < -0.39 is 5.84 Å². The molecule has 24 heavy (non-hydrogen) atoms. The molecule has 0 radical (unpaired) electrons. The Kier molecular flexibility index (Phi) is 6.72. The molecule has 7 nitrogen and oxygen atoms in total. The van der Waals surface area contributed by atoms with Gasteiger partial charge in [-0.05, 0) is 32.9 Å². The molecule has 0 heterocycles. The van der Waals surface area contributed by atoms with Crippen LogP contribution in [0.5, 0.6) is 0 Å². The van der Waals surface area contributed by atoms with Crippen LogP contribution in [0.3, 0.4) is 0 Å². The Balaban J connectivity index is 3.00. The molecule has 0 fully saturated rings.